The maximum absolute atomic E-state index is 5.95. The largest absolute Gasteiger partial charge is 0.461 e. The summed E-state index contributed by atoms with van der Waals surface area (Å²) in [7, 11) is 0. The number of aromatic nitrogens is 2. The van der Waals surface area contributed by atoms with E-state index in [0.29, 0.717) is 16.6 Å². The average molecular weight is 477 g/mol. The van der Waals surface area contributed by atoms with Crippen molar-refractivity contribution in [3.8, 4) is 5.75 Å². The van der Waals surface area contributed by atoms with E-state index in [1.54, 1.807) is 41.9 Å². The van der Waals surface area contributed by atoms with Crippen LogP contribution in [0.3, 0.4) is 0 Å². The molecule has 2 aliphatic rings. The Balaban J connectivity index is 1.67. The molecule has 0 bridgehead atoms. The summed E-state index contributed by atoms with van der Waals surface area (Å²) in [5.41, 5.74) is 4.28. The number of benzene rings is 1. The molecule has 31 heavy (non-hydrogen) atoms. The highest BCUT2D eigenvalue weighted by molar-refractivity contribution is 7.99. The molecule has 2 N–H and O–H groups in total. The number of amidine groups is 1. The number of nitrogens with one attached hydrogen (secondary N) is 2. The Morgan fingerprint density at radius 3 is 2.71 bits per heavy atom. The Kier molecular flexibility index (Phi) is 7.14. The second-order valence-electron chi connectivity index (χ2n) is 7.03. The number of ether oxygens (including phenoxy) is 1. The zero-order valence-electron chi connectivity index (χ0n) is 17.7. The number of hydrogen-bond donors (Lipinski definition) is 2. The van der Waals surface area contributed by atoms with Gasteiger partial charge >= 0.3 is 0 Å². The Morgan fingerprint density at radius 2 is 2.00 bits per heavy atom. The summed E-state index contributed by atoms with van der Waals surface area (Å²) in [6.45, 7) is 4.33. The molecule has 0 saturated heterocycles. The number of anilines is 1. The second kappa shape index (κ2) is 10.0. The summed E-state index contributed by atoms with van der Waals surface area (Å²) in [6.07, 6.45) is 6.72. The van der Waals surface area contributed by atoms with Gasteiger partial charge in [0.15, 0.2) is 16.8 Å². The first-order valence-electron chi connectivity index (χ1n) is 10.3. The molecule has 3 heterocycles. The van der Waals surface area contributed by atoms with Gasteiger partial charge < -0.3 is 10.1 Å². The van der Waals surface area contributed by atoms with Crippen molar-refractivity contribution in [2.75, 3.05) is 17.3 Å². The van der Waals surface area contributed by atoms with Gasteiger partial charge in [-0.3, -0.25) is 5.43 Å². The number of hydrogen-bond acceptors (Lipinski definition) is 9. The number of nitrogens with zero attached hydrogens (tertiary/aromatic N) is 4. The first-order valence-corrected chi connectivity index (χ1v) is 12.8. The third-order valence-corrected chi connectivity index (χ3v) is 6.68. The zero-order chi connectivity index (χ0) is 21.8. The topological polar surface area (TPSA) is 74.7 Å². The van der Waals surface area contributed by atoms with Gasteiger partial charge in [0.25, 0.3) is 0 Å². The van der Waals surface area contributed by atoms with Gasteiger partial charge in [0.05, 0.1) is 5.56 Å². The molecule has 0 aliphatic carbocycles. The summed E-state index contributed by atoms with van der Waals surface area (Å²) < 4.78 is 5.78. The SMILES string of the molecule is CCCSc1nc2c(c(SC)n1)C1=NC(=COc3ccc(Cl)cc3)NN1C(CCC)N2. The smallest absolute Gasteiger partial charge is 0.190 e. The van der Waals surface area contributed by atoms with Crippen LogP contribution < -0.4 is 15.5 Å². The summed E-state index contributed by atoms with van der Waals surface area (Å²) in [4.78, 5) is 14.4. The maximum atomic E-state index is 5.95. The lowest BCUT2D eigenvalue weighted by atomic mass is 10.1. The molecule has 10 heteroatoms. The predicted molar refractivity (Wildman–Crippen MR) is 129 cm³/mol. The molecule has 0 spiro atoms. The number of aliphatic imine (C=N–C) groups is 1. The third-order valence-electron chi connectivity index (χ3n) is 4.69. The van der Waals surface area contributed by atoms with Crippen molar-refractivity contribution >= 4 is 46.8 Å². The number of hydrazine groups is 1. The van der Waals surface area contributed by atoms with Crippen LogP contribution in [0.15, 0.2) is 51.5 Å². The van der Waals surface area contributed by atoms with Crippen molar-refractivity contribution in [3.05, 3.63) is 46.9 Å². The fourth-order valence-corrected chi connectivity index (χ4v) is 4.74. The van der Waals surface area contributed by atoms with Crippen LogP contribution in [0.2, 0.25) is 5.02 Å². The van der Waals surface area contributed by atoms with Crippen LogP contribution in [0.1, 0.15) is 38.7 Å². The van der Waals surface area contributed by atoms with Crippen LogP contribution in [0, 0.1) is 0 Å². The standard InChI is InChI=1S/C21H25ClN6OS2/c1-4-6-16-24-18-17(20(30-3)26-21(25-18)31-11-5-2)19-23-15(27-28(16)19)12-29-14-9-7-13(22)8-10-14/h7-10,12,16,27H,4-6,11H2,1-3H3,(H,24,25,26). The fraction of sp³-hybridized carbons (Fsp3) is 0.381. The van der Waals surface area contributed by atoms with E-state index in [-0.39, 0.29) is 6.17 Å². The normalized spacial score (nSPS) is 18.2. The van der Waals surface area contributed by atoms with Gasteiger partial charge in [-0.15, -0.1) is 11.8 Å². The van der Waals surface area contributed by atoms with Crippen LogP contribution in [-0.2, 0) is 0 Å². The highest BCUT2D eigenvalue weighted by atomic mass is 35.5. The Bertz CT molecular complexity index is 998. The zero-order valence-corrected chi connectivity index (χ0v) is 20.1. The molecule has 1 aromatic heterocycles. The minimum atomic E-state index is 0.0336. The van der Waals surface area contributed by atoms with Crippen molar-refractivity contribution in [1.29, 1.82) is 0 Å². The minimum Gasteiger partial charge on any atom is -0.461 e. The van der Waals surface area contributed by atoms with E-state index in [1.165, 1.54) is 0 Å². The molecule has 4 rings (SSSR count). The third kappa shape index (κ3) is 4.88. The molecule has 1 unspecified atom stereocenters. The highest BCUT2D eigenvalue weighted by Crippen LogP contribution is 2.35. The summed E-state index contributed by atoms with van der Waals surface area (Å²) in [6, 6.07) is 7.22. The number of rotatable bonds is 8. The molecule has 2 aromatic rings. The van der Waals surface area contributed by atoms with Crippen LogP contribution in [-0.4, -0.2) is 39.0 Å². The van der Waals surface area contributed by atoms with Gasteiger partial charge in [0.1, 0.15) is 29.0 Å². The van der Waals surface area contributed by atoms with E-state index < -0.39 is 0 Å². The summed E-state index contributed by atoms with van der Waals surface area (Å²) >= 11 is 9.24. The number of thioether (sulfide) groups is 2. The molecular formula is C21H25ClN6OS2. The van der Waals surface area contributed by atoms with Crippen LogP contribution in [0.4, 0.5) is 5.82 Å². The van der Waals surface area contributed by atoms with Gasteiger partial charge in [0, 0.05) is 10.8 Å². The quantitative estimate of drug-likeness (QED) is 0.228. The van der Waals surface area contributed by atoms with Crippen LogP contribution in [0.5, 0.6) is 5.75 Å². The van der Waals surface area contributed by atoms with Crippen molar-refractivity contribution in [2.24, 2.45) is 4.99 Å². The Morgan fingerprint density at radius 1 is 1.19 bits per heavy atom. The second-order valence-corrected chi connectivity index (χ2v) is 9.32. The molecular weight excluding hydrogens is 452 g/mol. The number of halogens is 1. The number of fused-ring (bicyclic) bond motifs is 3. The van der Waals surface area contributed by atoms with E-state index in [1.807, 2.05) is 23.4 Å². The fourth-order valence-electron chi connectivity index (χ4n) is 3.29. The first kappa shape index (κ1) is 22.1. The van der Waals surface area contributed by atoms with Gasteiger partial charge in [-0.25, -0.2) is 20.0 Å². The lowest BCUT2D eigenvalue weighted by Gasteiger charge is -2.36. The van der Waals surface area contributed by atoms with E-state index in [4.69, 9.17) is 31.3 Å². The van der Waals surface area contributed by atoms with Crippen molar-refractivity contribution in [2.45, 2.75) is 49.5 Å². The molecule has 1 atom stereocenters. The minimum absolute atomic E-state index is 0.0336. The molecule has 2 aliphatic heterocycles. The molecule has 0 radical (unpaired) electrons. The predicted octanol–water partition coefficient (Wildman–Crippen LogP) is 5.35. The van der Waals surface area contributed by atoms with Crippen molar-refractivity contribution in [3.63, 3.8) is 0 Å². The lowest BCUT2D eigenvalue weighted by Crippen LogP contribution is -2.52. The molecule has 164 valence electrons. The monoisotopic (exact) mass is 476 g/mol. The van der Waals surface area contributed by atoms with E-state index in [0.717, 1.165) is 52.4 Å². The maximum Gasteiger partial charge on any atom is 0.190 e. The van der Waals surface area contributed by atoms with Crippen molar-refractivity contribution in [1.82, 2.24) is 20.4 Å². The summed E-state index contributed by atoms with van der Waals surface area (Å²) in [5, 5.41) is 8.01. The lowest BCUT2D eigenvalue weighted by molar-refractivity contribution is 0.269. The molecule has 1 aromatic carbocycles. The van der Waals surface area contributed by atoms with Crippen LogP contribution >= 0.6 is 35.1 Å². The average Bonchev–Trinajstić information content (AvgIpc) is 3.21. The van der Waals surface area contributed by atoms with E-state index in [2.05, 4.69) is 24.6 Å². The van der Waals surface area contributed by atoms with E-state index >= 15 is 0 Å². The van der Waals surface area contributed by atoms with Gasteiger partial charge in [-0.2, -0.15) is 0 Å². The van der Waals surface area contributed by atoms with Gasteiger partial charge in [0.2, 0.25) is 0 Å². The highest BCUT2D eigenvalue weighted by Gasteiger charge is 2.37. The Hall–Kier alpha value is -2.10. The van der Waals surface area contributed by atoms with Gasteiger partial charge in [-0.1, -0.05) is 43.6 Å². The molecule has 0 fully saturated rings. The molecule has 0 saturated carbocycles. The Labute approximate surface area is 196 Å². The summed E-state index contributed by atoms with van der Waals surface area (Å²) in [5.74, 6) is 3.96. The molecule has 7 nitrogen and oxygen atoms in total. The first-order chi connectivity index (χ1) is 15.1. The van der Waals surface area contributed by atoms with Crippen LogP contribution in [0.25, 0.3) is 0 Å². The van der Waals surface area contributed by atoms with Gasteiger partial charge in [-0.05, 0) is 43.4 Å². The molecule has 0 amide bonds. The van der Waals surface area contributed by atoms with E-state index in [9.17, 15) is 0 Å². The van der Waals surface area contributed by atoms with Crippen molar-refractivity contribution < 1.29 is 4.74 Å².